The molecular weight excluding hydrogens is 184 g/mol. The van der Waals surface area contributed by atoms with E-state index in [-0.39, 0.29) is 6.10 Å². The van der Waals surface area contributed by atoms with E-state index >= 15 is 0 Å². The maximum Gasteiger partial charge on any atom is 0.0606 e. The molecule has 0 aromatic heterocycles. The largest absolute Gasteiger partial charge is 0.393 e. The van der Waals surface area contributed by atoms with Crippen LogP contribution in [0.4, 0.5) is 0 Å². The highest BCUT2D eigenvalue weighted by Crippen LogP contribution is 2.17. The molecule has 1 rings (SSSR count). The van der Waals surface area contributed by atoms with Crippen LogP contribution in [0.15, 0.2) is 18.2 Å². The van der Waals surface area contributed by atoms with Gasteiger partial charge in [0.2, 0.25) is 0 Å². The van der Waals surface area contributed by atoms with Gasteiger partial charge in [0, 0.05) is 0 Å². The average Bonchev–Trinajstić information content (AvgIpc) is 2.22. The average molecular weight is 206 g/mol. The van der Waals surface area contributed by atoms with Crippen molar-refractivity contribution in [3.05, 3.63) is 34.9 Å². The predicted octanol–water partition coefficient (Wildman–Crippen LogP) is 3.25. The first kappa shape index (κ1) is 12.3. The van der Waals surface area contributed by atoms with Crippen molar-refractivity contribution in [3.63, 3.8) is 0 Å². The standard InChI is InChI=1S/C14H22O/c1-5-11(3)14(15)9-13-8-10(2)6-7-12(13)4/h6-8,11,14-15H,5,9H2,1-4H3. The molecule has 1 aromatic carbocycles. The smallest absolute Gasteiger partial charge is 0.0606 e. The van der Waals surface area contributed by atoms with Crippen molar-refractivity contribution in [1.82, 2.24) is 0 Å². The Morgan fingerprint density at radius 2 is 1.93 bits per heavy atom. The van der Waals surface area contributed by atoms with E-state index in [1.54, 1.807) is 0 Å². The summed E-state index contributed by atoms with van der Waals surface area (Å²) in [6.45, 7) is 8.43. The van der Waals surface area contributed by atoms with Crippen molar-refractivity contribution in [1.29, 1.82) is 0 Å². The van der Waals surface area contributed by atoms with Crippen molar-refractivity contribution < 1.29 is 5.11 Å². The molecule has 0 bridgehead atoms. The van der Waals surface area contributed by atoms with Crippen LogP contribution >= 0.6 is 0 Å². The van der Waals surface area contributed by atoms with E-state index in [1.165, 1.54) is 16.7 Å². The molecule has 1 N–H and O–H groups in total. The third kappa shape index (κ3) is 3.35. The Hall–Kier alpha value is -0.820. The zero-order valence-corrected chi connectivity index (χ0v) is 10.2. The maximum absolute atomic E-state index is 9.99. The minimum atomic E-state index is -0.213. The van der Waals surface area contributed by atoms with Gasteiger partial charge >= 0.3 is 0 Å². The minimum absolute atomic E-state index is 0.213. The van der Waals surface area contributed by atoms with Gasteiger partial charge in [-0.1, -0.05) is 44.0 Å². The normalized spacial score (nSPS) is 15.0. The molecule has 0 heterocycles. The van der Waals surface area contributed by atoms with Crippen LogP contribution in [-0.4, -0.2) is 11.2 Å². The molecule has 15 heavy (non-hydrogen) atoms. The lowest BCUT2D eigenvalue weighted by atomic mass is 9.93. The van der Waals surface area contributed by atoms with Gasteiger partial charge in [0.1, 0.15) is 0 Å². The van der Waals surface area contributed by atoms with Gasteiger partial charge in [0.15, 0.2) is 0 Å². The molecule has 0 radical (unpaired) electrons. The molecule has 0 aliphatic rings. The molecule has 1 aromatic rings. The van der Waals surface area contributed by atoms with Gasteiger partial charge in [0.05, 0.1) is 6.10 Å². The molecule has 1 heteroatoms. The highest BCUT2D eigenvalue weighted by Gasteiger charge is 2.13. The lowest BCUT2D eigenvalue weighted by Crippen LogP contribution is -2.20. The van der Waals surface area contributed by atoms with Crippen molar-refractivity contribution >= 4 is 0 Å². The molecule has 0 aliphatic heterocycles. The van der Waals surface area contributed by atoms with Gasteiger partial charge in [0.25, 0.3) is 0 Å². The second kappa shape index (κ2) is 5.32. The fourth-order valence-electron chi connectivity index (χ4n) is 1.72. The third-order valence-corrected chi connectivity index (χ3v) is 3.23. The van der Waals surface area contributed by atoms with Crippen molar-refractivity contribution in [2.75, 3.05) is 0 Å². The van der Waals surface area contributed by atoms with Gasteiger partial charge in [-0.05, 0) is 37.3 Å². The lowest BCUT2D eigenvalue weighted by molar-refractivity contribution is 0.114. The number of hydrogen-bond donors (Lipinski definition) is 1. The summed E-state index contributed by atoms with van der Waals surface area (Å²) in [4.78, 5) is 0. The maximum atomic E-state index is 9.99. The van der Waals surface area contributed by atoms with Gasteiger partial charge in [-0.3, -0.25) is 0 Å². The Morgan fingerprint density at radius 3 is 2.53 bits per heavy atom. The molecule has 1 nitrogen and oxygen atoms in total. The van der Waals surface area contributed by atoms with Crippen LogP contribution in [-0.2, 0) is 6.42 Å². The van der Waals surface area contributed by atoms with Crippen molar-refractivity contribution in [2.45, 2.75) is 46.6 Å². The number of aliphatic hydroxyl groups is 1. The lowest BCUT2D eigenvalue weighted by Gasteiger charge is -2.18. The molecule has 0 saturated carbocycles. The summed E-state index contributed by atoms with van der Waals surface area (Å²) in [5.41, 5.74) is 3.83. The first-order chi connectivity index (χ1) is 7.04. The van der Waals surface area contributed by atoms with Crippen LogP contribution in [0.2, 0.25) is 0 Å². The summed E-state index contributed by atoms with van der Waals surface area (Å²) in [6, 6.07) is 6.43. The highest BCUT2D eigenvalue weighted by atomic mass is 16.3. The summed E-state index contributed by atoms with van der Waals surface area (Å²) in [6.07, 6.45) is 1.60. The van der Waals surface area contributed by atoms with E-state index in [9.17, 15) is 5.11 Å². The summed E-state index contributed by atoms with van der Waals surface area (Å²) in [5.74, 6) is 0.380. The van der Waals surface area contributed by atoms with E-state index in [0.717, 1.165) is 12.8 Å². The molecule has 0 fully saturated rings. The Morgan fingerprint density at radius 1 is 1.27 bits per heavy atom. The second-order valence-electron chi connectivity index (χ2n) is 4.59. The summed E-state index contributed by atoms with van der Waals surface area (Å²) < 4.78 is 0. The van der Waals surface area contributed by atoms with Gasteiger partial charge in [-0.15, -0.1) is 0 Å². The zero-order chi connectivity index (χ0) is 11.4. The van der Waals surface area contributed by atoms with Crippen LogP contribution in [0.5, 0.6) is 0 Å². The van der Waals surface area contributed by atoms with Crippen LogP contribution in [0.25, 0.3) is 0 Å². The van der Waals surface area contributed by atoms with Crippen LogP contribution < -0.4 is 0 Å². The van der Waals surface area contributed by atoms with Gasteiger partial charge in [-0.2, -0.15) is 0 Å². The number of benzene rings is 1. The molecular formula is C14H22O. The quantitative estimate of drug-likeness (QED) is 0.801. The minimum Gasteiger partial charge on any atom is -0.393 e. The summed E-state index contributed by atoms with van der Waals surface area (Å²) >= 11 is 0. The Kier molecular flexibility index (Phi) is 4.34. The Bertz CT molecular complexity index is 317. The van der Waals surface area contributed by atoms with Crippen LogP contribution in [0.1, 0.15) is 37.0 Å². The number of aryl methyl sites for hydroxylation is 2. The number of aliphatic hydroxyl groups excluding tert-OH is 1. The van der Waals surface area contributed by atoms with Crippen molar-refractivity contribution in [2.24, 2.45) is 5.92 Å². The fraction of sp³-hybridized carbons (Fsp3) is 0.571. The highest BCUT2D eigenvalue weighted by molar-refractivity contribution is 5.30. The molecule has 0 saturated heterocycles. The van der Waals surface area contributed by atoms with E-state index < -0.39 is 0 Å². The molecule has 84 valence electrons. The third-order valence-electron chi connectivity index (χ3n) is 3.23. The molecule has 0 spiro atoms. The first-order valence-corrected chi connectivity index (χ1v) is 5.78. The predicted molar refractivity (Wildman–Crippen MR) is 65.1 cm³/mol. The second-order valence-corrected chi connectivity index (χ2v) is 4.59. The zero-order valence-electron chi connectivity index (χ0n) is 10.2. The van der Waals surface area contributed by atoms with E-state index in [0.29, 0.717) is 5.92 Å². The first-order valence-electron chi connectivity index (χ1n) is 5.78. The fourth-order valence-corrected chi connectivity index (χ4v) is 1.72. The topological polar surface area (TPSA) is 20.2 Å². The number of hydrogen-bond acceptors (Lipinski definition) is 1. The van der Waals surface area contributed by atoms with E-state index in [4.69, 9.17) is 0 Å². The Labute approximate surface area is 93.1 Å². The summed E-state index contributed by atoms with van der Waals surface area (Å²) in [5, 5.41) is 9.99. The molecule has 0 aliphatic carbocycles. The summed E-state index contributed by atoms with van der Waals surface area (Å²) in [7, 11) is 0. The van der Waals surface area contributed by atoms with E-state index in [1.807, 2.05) is 0 Å². The van der Waals surface area contributed by atoms with Crippen molar-refractivity contribution in [3.8, 4) is 0 Å². The molecule has 0 amide bonds. The van der Waals surface area contributed by atoms with E-state index in [2.05, 4.69) is 45.9 Å². The van der Waals surface area contributed by atoms with Crippen LogP contribution in [0.3, 0.4) is 0 Å². The van der Waals surface area contributed by atoms with Gasteiger partial charge in [-0.25, -0.2) is 0 Å². The van der Waals surface area contributed by atoms with Gasteiger partial charge < -0.3 is 5.11 Å². The van der Waals surface area contributed by atoms with Crippen LogP contribution in [0, 0.1) is 19.8 Å². The molecule has 2 unspecified atom stereocenters. The monoisotopic (exact) mass is 206 g/mol. The molecule has 2 atom stereocenters. The SMILES string of the molecule is CCC(C)C(O)Cc1cc(C)ccc1C. The number of rotatable bonds is 4. The Balaban J connectivity index is 2.75.